The van der Waals surface area contributed by atoms with Crippen molar-refractivity contribution in [1.29, 1.82) is 0 Å². The van der Waals surface area contributed by atoms with Crippen LogP contribution in [0.15, 0.2) is 5.38 Å². The van der Waals surface area contributed by atoms with Gasteiger partial charge >= 0.3 is 0 Å². The fourth-order valence-electron chi connectivity index (χ4n) is 3.30. The third-order valence-corrected chi connectivity index (χ3v) is 5.43. The van der Waals surface area contributed by atoms with Crippen LogP contribution >= 0.6 is 11.3 Å². The molecule has 1 aliphatic carbocycles. The van der Waals surface area contributed by atoms with Gasteiger partial charge in [0.1, 0.15) is 5.54 Å². The number of amides is 2. The van der Waals surface area contributed by atoms with Crippen LogP contribution in [-0.2, 0) is 16.0 Å². The van der Waals surface area contributed by atoms with Crippen molar-refractivity contribution >= 4 is 23.2 Å². The first-order valence-electron chi connectivity index (χ1n) is 7.60. The zero-order valence-electron chi connectivity index (χ0n) is 12.4. The average Bonchev–Trinajstić information content (AvgIpc) is 3.05. The minimum Gasteiger partial charge on any atom is -0.342 e. The lowest BCUT2D eigenvalue weighted by Crippen LogP contribution is -2.55. The number of nitrogens with zero attached hydrogens (tertiary/aromatic N) is 2. The van der Waals surface area contributed by atoms with Crippen LogP contribution in [-0.4, -0.2) is 40.3 Å². The molecule has 1 aromatic heterocycles. The smallest absolute Gasteiger partial charge is 0.248 e. The van der Waals surface area contributed by atoms with Crippen LogP contribution in [0, 0.1) is 6.92 Å². The van der Waals surface area contributed by atoms with Gasteiger partial charge in [0.15, 0.2) is 0 Å². The van der Waals surface area contributed by atoms with Gasteiger partial charge in [-0.15, -0.1) is 11.3 Å². The molecule has 0 radical (unpaired) electrons. The van der Waals surface area contributed by atoms with Gasteiger partial charge < -0.3 is 10.2 Å². The lowest BCUT2D eigenvalue weighted by molar-refractivity contribution is -0.138. The van der Waals surface area contributed by atoms with E-state index in [0.29, 0.717) is 19.5 Å². The van der Waals surface area contributed by atoms with Crippen LogP contribution in [0.3, 0.4) is 0 Å². The molecule has 3 rings (SSSR count). The van der Waals surface area contributed by atoms with Gasteiger partial charge in [0.2, 0.25) is 11.8 Å². The topological polar surface area (TPSA) is 62.3 Å². The van der Waals surface area contributed by atoms with Crippen LogP contribution in [0.2, 0.25) is 0 Å². The van der Waals surface area contributed by atoms with Crippen molar-refractivity contribution in [2.24, 2.45) is 0 Å². The number of carbonyl (C=O) groups excluding carboxylic acids is 2. The second kappa shape index (κ2) is 5.75. The Morgan fingerprint density at radius 1 is 1.38 bits per heavy atom. The largest absolute Gasteiger partial charge is 0.342 e. The van der Waals surface area contributed by atoms with E-state index in [1.165, 1.54) is 0 Å². The average molecular weight is 307 g/mol. The van der Waals surface area contributed by atoms with Crippen molar-refractivity contribution < 1.29 is 9.59 Å². The zero-order valence-corrected chi connectivity index (χ0v) is 13.2. The molecule has 0 unspecified atom stereocenters. The van der Waals surface area contributed by atoms with Crippen LogP contribution in [0.25, 0.3) is 0 Å². The Hall–Kier alpha value is -1.43. The van der Waals surface area contributed by atoms with Crippen molar-refractivity contribution in [2.45, 2.75) is 51.0 Å². The van der Waals surface area contributed by atoms with E-state index in [-0.39, 0.29) is 11.8 Å². The van der Waals surface area contributed by atoms with Gasteiger partial charge in [-0.25, -0.2) is 4.98 Å². The summed E-state index contributed by atoms with van der Waals surface area (Å²) in [6.07, 6.45) is 4.78. The van der Waals surface area contributed by atoms with E-state index in [1.807, 2.05) is 17.2 Å². The maximum absolute atomic E-state index is 12.8. The summed E-state index contributed by atoms with van der Waals surface area (Å²) in [6.45, 7) is 3.16. The number of aromatic nitrogens is 1. The summed E-state index contributed by atoms with van der Waals surface area (Å²) in [7, 11) is 0. The lowest BCUT2D eigenvalue weighted by Gasteiger charge is -2.31. The number of hydrogen-bond acceptors (Lipinski definition) is 4. The van der Waals surface area contributed by atoms with Gasteiger partial charge in [0, 0.05) is 37.0 Å². The number of rotatable bonds is 3. The molecule has 2 heterocycles. The Labute approximate surface area is 128 Å². The molecule has 1 spiro atoms. The molecule has 1 N–H and O–H groups in total. The van der Waals surface area contributed by atoms with E-state index in [2.05, 4.69) is 10.3 Å². The van der Waals surface area contributed by atoms with Crippen LogP contribution in [0.4, 0.5) is 0 Å². The SMILES string of the molecule is Cc1csc(CCN2CCC(=O)NC3(CCCC3)C2=O)n1. The predicted molar refractivity (Wildman–Crippen MR) is 81.1 cm³/mol. The Morgan fingerprint density at radius 3 is 2.81 bits per heavy atom. The summed E-state index contributed by atoms with van der Waals surface area (Å²) in [5.41, 5.74) is 0.410. The highest BCUT2D eigenvalue weighted by Gasteiger charge is 2.46. The van der Waals surface area contributed by atoms with Crippen molar-refractivity contribution in [3.63, 3.8) is 0 Å². The molecule has 2 amide bonds. The molecule has 21 heavy (non-hydrogen) atoms. The minimum absolute atomic E-state index is 0.0119. The van der Waals surface area contributed by atoms with Crippen molar-refractivity contribution in [1.82, 2.24) is 15.2 Å². The molecule has 1 saturated heterocycles. The molecular formula is C15H21N3O2S. The molecule has 1 saturated carbocycles. The third-order valence-electron chi connectivity index (χ3n) is 4.40. The normalized spacial score (nSPS) is 21.7. The Kier molecular flexibility index (Phi) is 3.97. The molecule has 2 fully saturated rings. The molecule has 114 valence electrons. The fraction of sp³-hybridized carbons (Fsp3) is 0.667. The second-order valence-electron chi connectivity index (χ2n) is 6.01. The first-order chi connectivity index (χ1) is 10.1. The minimum atomic E-state index is -0.619. The molecule has 6 heteroatoms. The van der Waals surface area contributed by atoms with Crippen molar-refractivity contribution in [3.8, 4) is 0 Å². The summed E-state index contributed by atoms with van der Waals surface area (Å²) in [4.78, 5) is 31.1. The standard InChI is InChI=1S/C15H21N3O2S/c1-11-10-21-13(16-11)5-9-18-8-4-12(19)17-15(14(18)20)6-2-3-7-15/h10H,2-9H2,1H3,(H,17,19). The highest BCUT2D eigenvalue weighted by molar-refractivity contribution is 7.09. The van der Waals surface area contributed by atoms with Crippen LogP contribution < -0.4 is 5.32 Å². The summed E-state index contributed by atoms with van der Waals surface area (Å²) < 4.78 is 0. The number of nitrogens with one attached hydrogen (secondary N) is 1. The number of carbonyl (C=O) groups is 2. The third kappa shape index (κ3) is 2.95. The van der Waals surface area contributed by atoms with E-state index in [9.17, 15) is 9.59 Å². The van der Waals surface area contributed by atoms with E-state index in [1.54, 1.807) is 11.3 Å². The summed E-state index contributed by atoms with van der Waals surface area (Å²) in [5.74, 6) is 0.122. The maximum Gasteiger partial charge on any atom is 0.248 e. The summed E-state index contributed by atoms with van der Waals surface area (Å²) in [5, 5.41) is 6.08. The molecule has 5 nitrogen and oxygen atoms in total. The van der Waals surface area contributed by atoms with Crippen molar-refractivity contribution in [3.05, 3.63) is 16.1 Å². The van der Waals surface area contributed by atoms with E-state index >= 15 is 0 Å². The number of hydrogen-bond donors (Lipinski definition) is 1. The van der Waals surface area contributed by atoms with Crippen molar-refractivity contribution in [2.75, 3.05) is 13.1 Å². The van der Waals surface area contributed by atoms with E-state index in [0.717, 1.165) is 42.8 Å². The number of thiazole rings is 1. The quantitative estimate of drug-likeness (QED) is 0.923. The summed E-state index contributed by atoms with van der Waals surface area (Å²) in [6, 6.07) is 0. The molecular weight excluding hydrogens is 286 g/mol. The lowest BCUT2D eigenvalue weighted by atomic mass is 9.96. The van der Waals surface area contributed by atoms with Gasteiger partial charge in [-0.05, 0) is 19.8 Å². The first kappa shape index (κ1) is 14.5. The highest BCUT2D eigenvalue weighted by Crippen LogP contribution is 2.33. The highest BCUT2D eigenvalue weighted by atomic mass is 32.1. The van der Waals surface area contributed by atoms with Gasteiger partial charge in [0.25, 0.3) is 0 Å². The Morgan fingerprint density at radius 2 is 2.14 bits per heavy atom. The summed E-state index contributed by atoms with van der Waals surface area (Å²) >= 11 is 1.64. The van der Waals surface area contributed by atoms with E-state index in [4.69, 9.17) is 0 Å². The van der Waals surface area contributed by atoms with Gasteiger partial charge in [-0.2, -0.15) is 0 Å². The van der Waals surface area contributed by atoms with E-state index < -0.39 is 5.54 Å². The molecule has 0 atom stereocenters. The predicted octanol–water partition coefficient (Wildman–Crippen LogP) is 1.66. The monoisotopic (exact) mass is 307 g/mol. The number of aryl methyl sites for hydroxylation is 1. The molecule has 1 aromatic rings. The molecule has 0 aromatic carbocycles. The first-order valence-corrected chi connectivity index (χ1v) is 8.48. The van der Waals surface area contributed by atoms with Gasteiger partial charge in [0.05, 0.1) is 5.01 Å². The second-order valence-corrected chi connectivity index (χ2v) is 6.95. The Bertz CT molecular complexity index is 549. The molecule has 0 bridgehead atoms. The fourth-order valence-corrected chi connectivity index (χ4v) is 4.07. The zero-order chi connectivity index (χ0) is 14.9. The molecule has 2 aliphatic rings. The van der Waals surface area contributed by atoms with Gasteiger partial charge in [-0.3, -0.25) is 9.59 Å². The van der Waals surface area contributed by atoms with Crippen LogP contribution in [0.1, 0.15) is 42.8 Å². The van der Waals surface area contributed by atoms with Crippen LogP contribution in [0.5, 0.6) is 0 Å². The maximum atomic E-state index is 12.8. The molecule has 1 aliphatic heterocycles. The Balaban J connectivity index is 1.71. The van der Waals surface area contributed by atoms with Gasteiger partial charge in [-0.1, -0.05) is 12.8 Å².